The van der Waals surface area contributed by atoms with Gasteiger partial charge in [0.15, 0.2) is 5.82 Å². The van der Waals surface area contributed by atoms with Crippen LogP contribution in [0.4, 0.5) is 11.5 Å². The number of nitrogens with one attached hydrogen (secondary N) is 2. The largest absolute Gasteiger partial charge is 0.476 e. The van der Waals surface area contributed by atoms with E-state index in [0.29, 0.717) is 18.3 Å². The third kappa shape index (κ3) is 9.22. The molecular weight excluding hydrogens is 376 g/mol. The second-order valence-corrected chi connectivity index (χ2v) is 6.60. The molecule has 0 amide bonds. The summed E-state index contributed by atoms with van der Waals surface area (Å²) >= 11 is 0. The van der Waals surface area contributed by atoms with E-state index in [-0.39, 0.29) is 0 Å². The van der Waals surface area contributed by atoms with Gasteiger partial charge in [-0.05, 0) is 44.5 Å². The van der Waals surface area contributed by atoms with Gasteiger partial charge in [-0.2, -0.15) is 10.1 Å². The maximum Gasteiger partial charge on any atom is 0.219 e. The van der Waals surface area contributed by atoms with Gasteiger partial charge in [-0.1, -0.05) is 39.8 Å². The van der Waals surface area contributed by atoms with Gasteiger partial charge in [-0.25, -0.2) is 4.98 Å². The van der Waals surface area contributed by atoms with Crippen LogP contribution in [0.3, 0.4) is 0 Å². The molecule has 0 saturated heterocycles. The summed E-state index contributed by atoms with van der Waals surface area (Å²) in [7, 11) is 1.90. The maximum absolute atomic E-state index is 5.79. The molecule has 0 unspecified atom stereocenters. The highest BCUT2D eigenvalue weighted by Crippen LogP contribution is 2.18. The Morgan fingerprint density at radius 1 is 1.10 bits per heavy atom. The van der Waals surface area contributed by atoms with Crippen molar-refractivity contribution in [3.8, 4) is 5.88 Å². The maximum atomic E-state index is 5.79. The number of hydrogen-bond acceptors (Lipinski definition) is 7. The van der Waals surface area contributed by atoms with Crippen LogP contribution in [0.25, 0.3) is 0 Å². The molecule has 0 aliphatic rings. The molecule has 2 aromatic rings. The fraction of sp³-hybridized carbons (Fsp3) is 0.522. The second kappa shape index (κ2) is 15.2. The Kier molecular flexibility index (Phi) is 12.9. The SMILES string of the molecule is CC.CCCN(CCC)c1cc(OCCNC)nc(/C=N/Nc2cccc(C)c2)n1. The van der Waals surface area contributed by atoms with Gasteiger partial charge in [0.1, 0.15) is 12.4 Å². The molecule has 0 bridgehead atoms. The van der Waals surface area contributed by atoms with Crippen molar-refractivity contribution in [2.45, 2.75) is 47.5 Å². The van der Waals surface area contributed by atoms with Gasteiger partial charge in [0.2, 0.25) is 5.88 Å². The zero-order chi connectivity index (χ0) is 22.2. The monoisotopic (exact) mass is 414 g/mol. The van der Waals surface area contributed by atoms with Crippen molar-refractivity contribution in [2.75, 3.05) is 43.6 Å². The number of nitrogens with zero attached hydrogens (tertiary/aromatic N) is 4. The molecule has 7 heteroatoms. The summed E-state index contributed by atoms with van der Waals surface area (Å²) in [6, 6.07) is 9.95. The van der Waals surface area contributed by atoms with Crippen LogP contribution < -0.4 is 20.4 Å². The van der Waals surface area contributed by atoms with Crippen molar-refractivity contribution in [1.82, 2.24) is 15.3 Å². The van der Waals surface area contributed by atoms with Crippen molar-refractivity contribution in [2.24, 2.45) is 5.10 Å². The first-order valence-corrected chi connectivity index (χ1v) is 10.9. The number of hydrogen-bond donors (Lipinski definition) is 2. The minimum absolute atomic E-state index is 0.523. The summed E-state index contributed by atoms with van der Waals surface area (Å²) in [5.74, 6) is 1.96. The van der Waals surface area contributed by atoms with E-state index in [1.807, 2.05) is 58.2 Å². The van der Waals surface area contributed by atoms with E-state index < -0.39 is 0 Å². The molecule has 30 heavy (non-hydrogen) atoms. The van der Waals surface area contributed by atoms with Crippen LogP contribution in [0.15, 0.2) is 35.4 Å². The number of hydrazone groups is 1. The normalized spacial score (nSPS) is 10.5. The van der Waals surface area contributed by atoms with E-state index in [0.717, 1.165) is 44.0 Å². The van der Waals surface area contributed by atoms with Gasteiger partial charge in [-0.15, -0.1) is 0 Å². The van der Waals surface area contributed by atoms with Gasteiger partial charge >= 0.3 is 0 Å². The molecule has 0 saturated carbocycles. The molecule has 0 aliphatic heterocycles. The van der Waals surface area contributed by atoms with E-state index in [9.17, 15) is 0 Å². The van der Waals surface area contributed by atoms with Gasteiger partial charge < -0.3 is 15.0 Å². The van der Waals surface area contributed by atoms with Crippen molar-refractivity contribution in [3.05, 3.63) is 41.7 Å². The third-order valence-electron chi connectivity index (χ3n) is 4.01. The van der Waals surface area contributed by atoms with E-state index >= 15 is 0 Å². The summed E-state index contributed by atoms with van der Waals surface area (Å²) in [4.78, 5) is 11.4. The molecule has 1 heterocycles. The first-order chi connectivity index (χ1) is 14.7. The zero-order valence-corrected chi connectivity index (χ0v) is 19.4. The summed E-state index contributed by atoms with van der Waals surface area (Å²) in [6.45, 7) is 13.6. The predicted octanol–water partition coefficient (Wildman–Crippen LogP) is 4.48. The van der Waals surface area contributed by atoms with E-state index in [1.54, 1.807) is 6.21 Å². The highest BCUT2D eigenvalue weighted by atomic mass is 16.5. The van der Waals surface area contributed by atoms with Crippen LogP contribution in [0.5, 0.6) is 5.88 Å². The van der Waals surface area contributed by atoms with Crippen molar-refractivity contribution >= 4 is 17.7 Å². The fourth-order valence-corrected chi connectivity index (χ4v) is 2.74. The van der Waals surface area contributed by atoms with Crippen molar-refractivity contribution in [1.29, 1.82) is 0 Å². The van der Waals surface area contributed by atoms with Gasteiger partial charge in [0, 0.05) is 25.7 Å². The molecule has 7 nitrogen and oxygen atoms in total. The topological polar surface area (TPSA) is 74.7 Å². The first kappa shape index (κ1) is 25.4. The lowest BCUT2D eigenvalue weighted by molar-refractivity contribution is 0.305. The van der Waals surface area contributed by atoms with Crippen LogP contribution in [-0.4, -0.2) is 49.5 Å². The molecule has 166 valence electrons. The molecule has 1 aromatic heterocycles. The van der Waals surface area contributed by atoms with Crippen LogP contribution in [0.1, 0.15) is 51.9 Å². The number of likely N-dealkylation sites (N-methyl/N-ethyl adjacent to an activating group) is 1. The molecule has 0 aliphatic carbocycles. The minimum Gasteiger partial charge on any atom is -0.476 e. The number of ether oxygens (including phenoxy) is 1. The van der Waals surface area contributed by atoms with Crippen molar-refractivity contribution < 1.29 is 4.74 Å². The second-order valence-electron chi connectivity index (χ2n) is 6.60. The quantitative estimate of drug-likeness (QED) is 0.303. The first-order valence-electron chi connectivity index (χ1n) is 10.9. The zero-order valence-electron chi connectivity index (χ0n) is 19.4. The summed E-state index contributed by atoms with van der Waals surface area (Å²) in [5, 5.41) is 7.37. The molecule has 1 aromatic carbocycles. The Morgan fingerprint density at radius 3 is 2.47 bits per heavy atom. The molecule has 0 atom stereocenters. The van der Waals surface area contributed by atoms with Crippen LogP contribution in [0, 0.1) is 6.92 Å². The molecular formula is C23H38N6O. The lowest BCUT2D eigenvalue weighted by atomic mass is 10.2. The molecule has 0 fully saturated rings. The van der Waals surface area contributed by atoms with Gasteiger partial charge in [-0.3, -0.25) is 5.43 Å². The number of aryl methyl sites for hydroxylation is 1. The van der Waals surface area contributed by atoms with E-state index in [2.05, 4.69) is 44.6 Å². The number of anilines is 2. The molecule has 0 radical (unpaired) electrons. The summed E-state index contributed by atoms with van der Waals surface area (Å²) in [6.07, 6.45) is 3.74. The average molecular weight is 415 g/mol. The lowest BCUT2D eigenvalue weighted by Crippen LogP contribution is -2.26. The summed E-state index contributed by atoms with van der Waals surface area (Å²) < 4.78 is 5.79. The number of rotatable bonds is 12. The molecule has 2 rings (SSSR count). The third-order valence-corrected chi connectivity index (χ3v) is 4.01. The Bertz CT molecular complexity index is 744. The number of benzene rings is 1. The van der Waals surface area contributed by atoms with Gasteiger partial charge in [0.25, 0.3) is 0 Å². The molecule has 2 N–H and O–H groups in total. The van der Waals surface area contributed by atoms with Crippen LogP contribution >= 0.6 is 0 Å². The van der Waals surface area contributed by atoms with Gasteiger partial charge in [0.05, 0.1) is 11.9 Å². The standard InChI is InChI=1S/C21H32N6O.C2H6/c1-5-11-27(12-6-2)20-15-21(28-13-10-22-4)25-19(24-20)16-23-26-18-9-7-8-17(3)14-18;1-2/h7-9,14-16,22,26H,5-6,10-13H2,1-4H3;1-2H3/b23-16+;. The van der Waals surface area contributed by atoms with E-state index in [1.165, 1.54) is 5.56 Å². The van der Waals surface area contributed by atoms with Crippen LogP contribution in [-0.2, 0) is 0 Å². The Balaban J connectivity index is 0.00000218. The predicted molar refractivity (Wildman–Crippen MR) is 128 cm³/mol. The van der Waals surface area contributed by atoms with Crippen LogP contribution in [0.2, 0.25) is 0 Å². The highest BCUT2D eigenvalue weighted by molar-refractivity contribution is 5.76. The Labute approximate surface area is 182 Å². The summed E-state index contributed by atoms with van der Waals surface area (Å²) in [5.41, 5.74) is 5.13. The van der Waals surface area contributed by atoms with Crippen molar-refractivity contribution in [3.63, 3.8) is 0 Å². The number of aromatic nitrogens is 2. The molecule has 0 spiro atoms. The lowest BCUT2D eigenvalue weighted by Gasteiger charge is -2.23. The smallest absolute Gasteiger partial charge is 0.219 e. The fourth-order valence-electron chi connectivity index (χ4n) is 2.74. The minimum atomic E-state index is 0.523. The Morgan fingerprint density at radius 2 is 1.83 bits per heavy atom. The van der Waals surface area contributed by atoms with E-state index in [4.69, 9.17) is 4.74 Å². The highest BCUT2D eigenvalue weighted by Gasteiger charge is 2.11. The average Bonchev–Trinajstić information content (AvgIpc) is 2.75. The Hall–Kier alpha value is -2.67.